The topological polar surface area (TPSA) is 97.5 Å². The van der Waals surface area contributed by atoms with Crippen LogP contribution >= 0.6 is 0 Å². The van der Waals surface area contributed by atoms with Crippen molar-refractivity contribution < 1.29 is 34.9 Å². The molecule has 34 heavy (non-hydrogen) atoms. The Balaban J connectivity index is 1.97. The molecule has 1 unspecified atom stereocenters. The van der Waals surface area contributed by atoms with Gasteiger partial charge in [0, 0.05) is 0 Å². The molecule has 0 bridgehead atoms. The third-order valence-electron chi connectivity index (χ3n) is 4.81. The molecule has 0 aliphatic carbocycles. The maximum atomic E-state index is 13.8. The minimum absolute atomic E-state index is 0.103. The van der Waals surface area contributed by atoms with Crippen molar-refractivity contribution in [2.75, 3.05) is 26.9 Å². The Bertz CT molecular complexity index is 1280. The van der Waals surface area contributed by atoms with E-state index in [-0.39, 0.29) is 31.7 Å². The molecule has 0 saturated heterocycles. The highest BCUT2D eigenvalue weighted by molar-refractivity contribution is 5.80. The second kappa shape index (κ2) is 10.7. The zero-order valence-electron chi connectivity index (χ0n) is 20.8. The number of rotatable bonds is 10. The zero-order valence-corrected chi connectivity index (χ0v) is 18.8. The van der Waals surface area contributed by atoms with Gasteiger partial charge in [-0.1, -0.05) is 12.1 Å². The average molecular weight is 484 g/mol. The molecule has 0 radical (unpaired) electrons. The summed E-state index contributed by atoms with van der Waals surface area (Å²) < 4.78 is 74.4. The molecule has 12 heteroatoms. The van der Waals surface area contributed by atoms with E-state index in [1.54, 1.807) is 31.2 Å². The molecule has 2 aromatic heterocycles. The maximum absolute atomic E-state index is 13.8. The molecule has 0 aliphatic rings. The van der Waals surface area contributed by atoms with Gasteiger partial charge in [-0.05, 0) is 31.5 Å². The monoisotopic (exact) mass is 484 g/mol. The van der Waals surface area contributed by atoms with Gasteiger partial charge < -0.3 is 14.2 Å². The number of halogens is 3. The van der Waals surface area contributed by atoms with Gasteiger partial charge in [0.2, 0.25) is 0 Å². The third-order valence-corrected chi connectivity index (χ3v) is 4.81. The van der Waals surface area contributed by atoms with Gasteiger partial charge in [-0.2, -0.15) is 23.4 Å². The Morgan fingerprint density at radius 3 is 2.59 bits per heavy atom. The molecule has 1 aromatic carbocycles. The number of hydrogen-bond donors (Lipinski definition) is 0. The smallest absolute Gasteiger partial charge is 0.435 e. The number of alkyl halides is 3. The fourth-order valence-electron chi connectivity index (χ4n) is 3.20. The molecule has 3 aromatic rings. The number of benzene rings is 1. The van der Waals surface area contributed by atoms with Gasteiger partial charge in [0.25, 0.3) is 5.56 Å². The Hall–Kier alpha value is -3.41. The second-order valence-corrected chi connectivity index (χ2v) is 7.20. The van der Waals surface area contributed by atoms with Crippen molar-refractivity contribution in [3.63, 3.8) is 0 Å². The first-order chi connectivity index (χ1) is 16.9. The fraction of sp³-hybridized carbons (Fsp3) is 0.455. The van der Waals surface area contributed by atoms with Gasteiger partial charge >= 0.3 is 12.1 Å². The van der Waals surface area contributed by atoms with Crippen LogP contribution in [0.5, 0.6) is 5.75 Å². The summed E-state index contributed by atoms with van der Waals surface area (Å²) in [5.41, 5.74) is -2.19. The van der Waals surface area contributed by atoms with Gasteiger partial charge in [0.15, 0.2) is 5.69 Å². The Morgan fingerprint density at radius 1 is 1.26 bits per heavy atom. The number of esters is 1. The lowest BCUT2D eigenvalue weighted by atomic mass is 10.2. The highest BCUT2D eigenvalue weighted by Crippen LogP contribution is 2.33. The SMILES string of the molecule is [2H]C([2H])(OCCC(=O)OCC)C(C)n1nc(C(F)(F)F)c2c(=O)n(Cc3ccc(OC)cc3)ncc21. The molecule has 0 saturated carbocycles. The first kappa shape index (κ1) is 22.4. The Morgan fingerprint density at radius 2 is 1.97 bits per heavy atom. The van der Waals surface area contributed by atoms with E-state index in [1.807, 2.05) is 0 Å². The lowest BCUT2D eigenvalue weighted by Gasteiger charge is -2.14. The van der Waals surface area contributed by atoms with Crippen LogP contribution in [-0.2, 0) is 27.0 Å². The van der Waals surface area contributed by atoms with Crippen molar-refractivity contribution >= 4 is 16.9 Å². The van der Waals surface area contributed by atoms with Crippen LogP contribution in [0.4, 0.5) is 13.2 Å². The first-order valence-corrected chi connectivity index (χ1v) is 10.4. The average Bonchev–Trinajstić information content (AvgIpc) is 3.22. The van der Waals surface area contributed by atoms with Gasteiger partial charge in [-0.15, -0.1) is 0 Å². The Labute approximate surface area is 195 Å². The molecule has 9 nitrogen and oxygen atoms in total. The van der Waals surface area contributed by atoms with E-state index in [0.29, 0.717) is 11.3 Å². The molecule has 1 atom stereocenters. The predicted octanol–water partition coefficient (Wildman–Crippen LogP) is 3.20. The van der Waals surface area contributed by atoms with E-state index < -0.39 is 41.4 Å². The standard InChI is InChI=1S/C22H25F3N4O5/c1-4-34-18(30)9-10-33-13-14(2)29-17-11-26-28(12-15-5-7-16(32-3)8-6-15)21(31)19(17)20(27-29)22(23,24)25/h5-8,11,14H,4,9-10,12-13H2,1-3H3/i13D2. The molecule has 0 fully saturated rings. The first-order valence-electron chi connectivity index (χ1n) is 11.4. The van der Waals surface area contributed by atoms with Gasteiger partial charge in [0.1, 0.15) is 11.1 Å². The molecule has 3 rings (SSSR count). The number of carbonyl (C=O) groups excluding carboxylic acids is 1. The Kier molecular flexibility index (Phi) is 7.03. The quantitative estimate of drug-likeness (QED) is 0.408. The summed E-state index contributed by atoms with van der Waals surface area (Å²) in [5, 5.41) is 6.80. The van der Waals surface area contributed by atoms with Crippen molar-refractivity contribution in [1.82, 2.24) is 19.6 Å². The number of aromatic nitrogens is 4. The molecular weight excluding hydrogens is 457 g/mol. The lowest BCUT2D eigenvalue weighted by molar-refractivity contribution is -0.144. The van der Waals surface area contributed by atoms with E-state index in [0.717, 1.165) is 15.6 Å². The lowest BCUT2D eigenvalue weighted by Crippen LogP contribution is -2.25. The summed E-state index contributed by atoms with van der Waals surface area (Å²) in [6.07, 6.45) is -4.20. The summed E-state index contributed by atoms with van der Waals surface area (Å²) in [6, 6.07) is 5.18. The van der Waals surface area contributed by atoms with Crippen LogP contribution in [-0.4, -0.2) is 52.4 Å². The van der Waals surface area contributed by atoms with Crippen molar-refractivity contribution in [2.45, 2.75) is 39.0 Å². The van der Waals surface area contributed by atoms with Crippen LogP contribution in [0, 0.1) is 0 Å². The van der Waals surface area contributed by atoms with Crippen molar-refractivity contribution in [3.8, 4) is 5.75 Å². The number of carbonyl (C=O) groups is 1. The highest BCUT2D eigenvalue weighted by Gasteiger charge is 2.39. The van der Waals surface area contributed by atoms with Gasteiger partial charge in [-0.3, -0.25) is 14.3 Å². The summed E-state index contributed by atoms with van der Waals surface area (Å²) >= 11 is 0. The number of fused-ring (bicyclic) bond motifs is 1. The fourth-order valence-corrected chi connectivity index (χ4v) is 3.20. The summed E-state index contributed by atoms with van der Waals surface area (Å²) in [4.78, 5) is 24.5. The number of methoxy groups -OCH3 is 1. The highest BCUT2D eigenvalue weighted by atomic mass is 19.4. The van der Waals surface area contributed by atoms with E-state index in [9.17, 15) is 22.8 Å². The van der Waals surface area contributed by atoms with Gasteiger partial charge in [0.05, 0.1) is 60.3 Å². The molecule has 0 spiro atoms. The summed E-state index contributed by atoms with van der Waals surface area (Å²) in [5.74, 6) is -0.0330. The predicted molar refractivity (Wildman–Crippen MR) is 116 cm³/mol. The van der Waals surface area contributed by atoms with E-state index in [1.165, 1.54) is 14.0 Å². The molecular formula is C22H25F3N4O5. The van der Waals surface area contributed by atoms with Crippen LogP contribution in [0.15, 0.2) is 35.3 Å². The van der Waals surface area contributed by atoms with Crippen molar-refractivity contribution in [1.29, 1.82) is 0 Å². The number of nitrogens with zero attached hydrogens (tertiary/aromatic N) is 4. The van der Waals surface area contributed by atoms with Crippen molar-refractivity contribution in [3.05, 3.63) is 52.1 Å². The molecule has 184 valence electrons. The van der Waals surface area contributed by atoms with Crippen LogP contribution in [0.2, 0.25) is 0 Å². The van der Waals surface area contributed by atoms with Crippen LogP contribution in [0.1, 0.15) is 40.3 Å². The van der Waals surface area contributed by atoms with Crippen molar-refractivity contribution in [2.24, 2.45) is 0 Å². The zero-order chi connectivity index (χ0) is 26.7. The minimum Gasteiger partial charge on any atom is -0.497 e. The maximum Gasteiger partial charge on any atom is 0.435 e. The second-order valence-electron chi connectivity index (χ2n) is 7.20. The van der Waals surface area contributed by atoms with Crippen LogP contribution in [0.25, 0.3) is 10.9 Å². The van der Waals surface area contributed by atoms with E-state index in [4.69, 9.17) is 17.0 Å². The third kappa shape index (κ3) is 5.74. The van der Waals surface area contributed by atoms with Crippen LogP contribution in [0.3, 0.4) is 0 Å². The number of hydrogen-bond acceptors (Lipinski definition) is 7. The van der Waals surface area contributed by atoms with Gasteiger partial charge in [-0.25, -0.2) is 4.68 Å². The summed E-state index contributed by atoms with van der Waals surface area (Å²) in [7, 11) is 1.49. The normalized spacial score (nSPS) is 13.9. The molecule has 0 N–H and O–H groups in total. The van der Waals surface area contributed by atoms with E-state index >= 15 is 0 Å². The molecule has 2 heterocycles. The van der Waals surface area contributed by atoms with E-state index in [2.05, 4.69) is 10.2 Å². The summed E-state index contributed by atoms with van der Waals surface area (Å²) in [6.45, 7) is -0.0000797. The molecule has 0 amide bonds. The molecule has 0 aliphatic heterocycles. The number of ether oxygens (including phenoxy) is 3. The van der Waals surface area contributed by atoms with Crippen LogP contribution < -0.4 is 10.3 Å². The minimum atomic E-state index is -4.99. The largest absolute Gasteiger partial charge is 0.497 e.